The quantitative estimate of drug-likeness (QED) is 0.677. The summed E-state index contributed by atoms with van der Waals surface area (Å²) in [6, 6.07) is 0. The molecule has 1 atom stereocenters. The molecular weight excluding hydrogens is 210 g/mol. The molecule has 0 radical (unpaired) electrons. The van der Waals surface area contributed by atoms with Crippen molar-refractivity contribution in [3.8, 4) is 0 Å². The predicted octanol–water partition coefficient (Wildman–Crippen LogP) is 0.0871. The highest BCUT2D eigenvalue weighted by Crippen LogP contribution is 2.15. The summed E-state index contributed by atoms with van der Waals surface area (Å²) in [4.78, 5) is 11.4. The van der Waals surface area contributed by atoms with E-state index in [-0.39, 0.29) is 24.3 Å². The molecule has 16 heavy (non-hydrogen) atoms. The van der Waals surface area contributed by atoms with E-state index in [1.165, 1.54) is 0 Å². The lowest BCUT2D eigenvalue weighted by atomic mass is 10.0. The van der Waals surface area contributed by atoms with Gasteiger partial charge in [0.15, 0.2) is 0 Å². The number of carbonyl (C=O) groups excluding carboxylic acids is 1. The van der Waals surface area contributed by atoms with Gasteiger partial charge < -0.3 is 19.5 Å². The molecule has 1 N–H and O–H groups in total. The molecule has 2 saturated heterocycles. The van der Waals surface area contributed by atoms with Crippen molar-refractivity contribution in [3.05, 3.63) is 0 Å². The maximum atomic E-state index is 11.4. The molecule has 2 heterocycles. The summed E-state index contributed by atoms with van der Waals surface area (Å²) < 4.78 is 15.9. The molecule has 2 aliphatic heterocycles. The Morgan fingerprint density at radius 2 is 2.38 bits per heavy atom. The molecular formula is C11H19NO4. The summed E-state index contributed by atoms with van der Waals surface area (Å²) in [5.74, 6) is -0.302. The van der Waals surface area contributed by atoms with Crippen molar-refractivity contribution in [2.75, 3.05) is 32.9 Å². The zero-order valence-electron chi connectivity index (χ0n) is 9.66. The molecule has 0 spiro atoms. The summed E-state index contributed by atoms with van der Waals surface area (Å²) in [6.07, 6.45) is 2.13. The fourth-order valence-electron chi connectivity index (χ4n) is 1.82. The smallest absolute Gasteiger partial charge is 0.332 e. The van der Waals surface area contributed by atoms with E-state index < -0.39 is 0 Å². The molecule has 0 aromatic carbocycles. The first kappa shape index (κ1) is 11.8. The Morgan fingerprint density at radius 3 is 2.94 bits per heavy atom. The van der Waals surface area contributed by atoms with Crippen molar-refractivity contribution >= 4 is 5.97 Å². The van der Waals surface area contributed by atoms with Gasteiger partial charge in [0.1, 0.15) is 13.2 Å². The summed E-state index contributed by atoms with van der Waals surface area (Å²) >= 11 is 0. The first-order valence-corrected chi connectivity index (χ1v) is 5.80. The highest BCUT2D eigenvalue weighted by molar-refractivity contribution is 5.70. The maximum Gasteiger partial charge on any atom is 0.332 e. The Morgan fingerprint density at radius 1 is 1.56 bits per heavy atom. The molecule has 2 fully saturated rings. The first-order chi connectivity index (χ1) is 7.68. The fourth-order valence-corrected chi connectivity index (χ4v) is 1.82. The van der Waals surface area contributed by atoms with Crippen molar-refractivity contribution in [3.63, 3.8) is 0 Å². The average Bonchev–Trinajstić information content (AvgIpc) is 2.73. The molecule has 5 heteroatoms. The van der Waals surface area contributed by atoms with Crippen LogP contribution in [-0.2, 0) is 19.0 Å². The lowest BCUT2D eigenvalue weighted by molar-refractivity contribution is -0.161. The van der Waals surface area contributed by atoms with Gasteiger partial charge in [-0.1, -0.05) is 0 Å². The standard InChI is InChI=1S/C11H19NO4/c1-11(7-12-8-11)16-6-10(13)15-5-9-3-2-4-14-9/h9,12H,2-8H2,1H3. The van der Waals surface area contributed by atoms with Crippen LogP contribution in [0.3, 0.4) is 0 Å². The van der Waals surface area contributed by atoms with Gasteiger partial charge in [-0.2, -0.15) is 0 Å². The van der Waals surface area contributed by atoms with E-state index in [0.29, 0.717) is 6.61 Å². The third-order valence-electron chi connectivity index (χ3n) is 2.99. The number of ether oxygens (including phenoxy) is 3. The molecule has 5 nitrogen and oxygen atoms in total. The Hall–Kier alpha value is -0.650. The van der Waals surface area contributed by atoms with Crippen molar-refractivity contribution in [2.45, 2.75) is 31.5 Å². The fraction of sp³-hybridized carbons (Fsp3) is 0.909. The molecule has 0 bridgehead atoms. The van der Waals surface area contributed by atoms with Crippen molar-refractivity contribution in [1.82, 2.24) is 5.32 Å². The van der Waals surface area contributed by atoms with Crippen LogP contribution in [0.4, 0.5) is 0 Å². The Balaban J connectivity index is 1.57. The van der Waals surface area contributed by atoms with E-state index in [4.69, 9.17) is 14.2 Å². The number of hydrogen-bond acceptors (Lipinski definition) is 5. The largest absolute Gasteiger partial charge is 0.461 e. The van der Waals surface area contributed by atoms with Crippen LogP contribution in [0.25, 0.3) is 0 Å². The van der Waals surface area contributed by atoms with Gasteiger partial charge in [0.25, 0.3) is 0 Å². The minimum absolute atomic E-state index is 0.0326. The summed E-state index contributed by atoms with van der Waals surface area (Å²) in [5, 5.41) is 3.11. The van der Waals surface area contributed by atoms with Crippen molar-refractivity contribution in [2.24, 2.45) is 0 Å². The van der Waals surface area contributed by atoms with Crippen LogP contribution in [0, 0.1) is 0 Å². The Bertz CT molecular complexity index is 246. The zero-order chi connectivity index (χ0) is 11.4. The van der Waals surface area contributed by atoms with Gasteiger partial charge in [0.2, 0.25) is 0 Å². The van der Waals surface area contributed by atoms with Crippen molar-refractivity contribution in [1.29, 1.82) is 0 Å². The number of nitrogens with one attached hydrogen (secondary N) is 1. The highest BCUT2D eigenvalue weighted by Gasteiger charge is 2.33. The lowest BCUT2D eigenvalue weighted by Crippen LogP contribution is -2.59. The molecule has 92 valence electrons. The Kier molecular flexibility index (Phi) is 3.78. The van der Waals surface area contributed by atoms with Gasteiger partial charge in [-0.15, -0.1) is 0 Å². The summed E-state index contributed by atoms with van der Waals surface area (Å²) in [7, 11) is 0. The van der Waals surface area contributed by atoms with E-state index in [0.717, 1.165) is 32.5 Å². The van der Waals surface area contributed by atoms with Gasteiger partial charge >= 0.3 is 5.97 Å². The second-order valence-corrected chi connectivity index (χ2v) is 4.66. The van der Waals surface area contributed by atoms with E-state index in [9.17, 15) is 4.79 Å². The third-order valence-corrected chi connectivity index (χ3v) is 2.99. The van der Waals surface area contributed by atoms with E-state index in [1.807, 2.05) is 6.92 Å². The summed E-state index contributed by atoms with van der Waals surface area (Å²) in [5.41, 5.74) is -0.192. The van der Waals surface area contributed by atoms with Gasteiger partial charge in [-0.25, -0.2) is 4.79 Å². The van der Waals surface area contributed by atoms with Crippen LogP contribution < -0.4 is 5.32 Å². The van der Waals surface area contributed by atoms with Crippen LogP contribution in [-0.4, -0.2) is 50.6 Å². The van der Waals surface area contributed by atoms with E-state index in [1.54, 1.807) is 0 Å². The van der Waals surface area contributed by atoms with Gasteiger partial charge in [-0.3, -0.25) is 0 Å². The monoisotopic (exact) mass is 229 g/mol. The predicted molar refractivity (Wildman–Crippen MR) is 57.2 cm³/mol. The van der Waals surface area contributed by atoms with Gasteiger partial charge in [0, 0.05) is 19.7 Å². The number of esters is 1. The minimum Gasteiger partial charge on any atom is -0.461 e. The maximum absolute atomic E-state index is 11.4. The molecule has 0 saturated carbocycles. The third kappa shape index (κ3) is 3.17. The van der Waals surface area contributed by atoms with Crippen LogP contribution in [0.1, 0.15) is 19.8 Å². The molecule has 1 unspecified atom stereocenters. The van der Waals surface area contributed by atoms with E-state index >= 15 is 0 Å². The molecule has 0 aliphatic carbocycles. The van der Waals surface area contributed by atoms with Crippen LogP contribution in [0.5, 0.6) is 0 Å². The zero-order valence-corrected chi connectivity index (χ0v) is 9.66. The van der Waals surface area contributed by atoms with Gasteiger partial charge in [-0.05, 0) is 19.8 Å². The normalized spacial score (nSPS) is 27.4. The van der Waals surface area contributed by atoms with E-state index in [2.05, 4.69) is 5.32 Å². The highest BCUT2D eigenvalue weighted by atomic mass is 16.6. The van der Waals surface area contributed by atoms with Crippen molar-refractivity contribution < 1.29 is 19.0 Å². The number of rotatable bonds is 5. The van der Waals surface area contributed by atoms with Crippen LogP contribution in [0.15, 0.2) is 0 Å². The molecule has 0 aromatic rings. The molecule has 2 rings (SSSR count). The van der Waals surface area contributed by atoms with Crippen LogP contribution in [0.2, 0.25) is 0 Å². The molecule has 0 amide bonds. The SMILES string of the molecule is CC1(OCC(=O)OCC2CCCO2)CNC1. The second-order valence-electron chi connectivity index (χ2n) is 4.66. The molecule has 2 aliphatic rings. The summed E-state index contributed by atoms with van der Waals surface area (Å²) in [6.45, 7) is 4.75. The van der Waals surface area contributed by atoms with Crippen LogP contribution >= 0.6 is 0 Å². The average molecular weight is 229 g/mol. The number of hydrogen-bond donors (Lipinski definition) is 1. The second kappa shape index (κ2) is 5.12. The Labute approximate surface area is 95.4 Å². The minimum atomic E-state index is -0.302. The lowest BCUT2D eigenvalue weighted by Gasteiger charge is -2.38. The number of carbonyl (C=O) groups is 1. The first-order valence-electron chi connectivity index (χ1n) is 5.80. The topological polar surface area (TPSA) is 56.8 Å². The van der Waals surface area contributed by atoms with Gasteiger partial charge in [0.05, 0.1) is 11.7 Å². The molecule has 0 aromatic heterocycles.